The highest BCUT2D eigenvalue weighted by Crippen LogP contribution is 2.24. The molecule has 2 atom stereocenters. The van der Waals surface area contributed by atoms with Crippen LogP contribution in [0.2, 0.25) is 0 Å². The summed E-state index contributed by atoms with van der Waals surface area (Å²) in [7, 11) is 2.02. The summed E-state index contributed by atoms with van der Waals surface area (Å²) in [5.74, 6) is 0. The van der Waals surface area contributed by atoms with E-state index in [4.69, 9.17) is 4.74 Å². The van der Waals surface area contributed by atoms with Crippen LogP contribution < -0.4 is 5.32 Å². The van der Waals surface area contributed by atoms with Gasteiger partial charge in [-0.05, 0) is 31.9 Å². The van der Waals surface area contributed by atoms with Crippen molar-refractivity contribution in [1.29, 1.82) is 0 Å². The first-order chi connectivity index (χ1) is 7.40. The molecule has 1 N–H and O–H groups in total. The second-order valence-corrected chi connectivity index (χ2v) is 4.12. The zero-order valence-corrected chi connectivity index (χ0v) is 9.28. The van der Waals surface area contributed by atoms with Crippen molar-refractivity contribution in [3.05, 3.63) is 35.9 Å². The van der Waals surface area contributed by atoms with Crippen LogP contribution in [0.1, 0.15) is 30.9 Å². The summed E-state index contributed by atoms with van der Waals surface area (Å²) in [5, 5.41) is 3.37. The minimum Gasteiger partial charge on any atom is -0.378 e. The average Bonchev–Trinajstić information content (AvgIpc) is 2.80. The Balaban J connectivity index is 1.97. The first-order valence-corrected chi connectivity index (χ1v) is 5.74. The summed E-state index contributed by atoms with van der Waals surface area (Å²) < 4.78 is 5.67. The van der Waals surface area contributed by atoms with Gasteiger partial charge in [-0.25, -0.2) is 0 Å². The molecule has 2 rings (SSSR count). The van der Waals surface area contributed by atoms with E-state index >= 15 is 0 Å². The molecule has 1 saturated heterocycles. The molecule has 2 nitrogen and oxygen atoms in total. The molecule has 15 heavy (non-hydrogen) atoms. The van der Waals surface area contributed by atoms with Crippen molar-refractivity contribution in [2.24, 2.45) is 0 Å². The molecule has 0 radical (unpaired) electrons. The van der Waals surface area contributed by atoms with Crippen molar-refractivity contribution in [1.82, 2.24) is 5.32 Å². The molecule has 1 aliphatic heterocycles. The fourth-order valence-corrected chi connectivity index (χ4v) is 2.20. The molecule has 82 valence electrons. The molecule has 0 spiro atoms. The lowest BCUT2D eigenvalue weighted by atomic mass is 9.99. The van der Waals surface area contributed by atoms with Crippen molar-refractivity contribution in [2.45, 2.75) is 31.4 Å². The maximum absolute atomic E-state index is 5.67. The van der Waals surface area contributed by atoms with Crippen molar-refractivity contribution in [3.63, 3.8) is 0 Å². The zero-order chi connectivity index (χ0) is 10.5. The SMILES string of the molecule is CNC(CC1CCCO1)c1ccccc1. The summed E-state index contributed by atoms with van der Waals surface area (Å²) in [4.78, 5) is 0. The smallest absolute Gasteiger partial charge is 0.0594 e. The topological polar surface area (TPSA) is 21.3 Å². The van der Waals surface area contributed by atoms with Gasteiger partial charge in [-0.15, -0.1) is 0 Å². The minimum absolute atomic E-state index is 0.425. The molecule has 0 aromatic heterocycles. The van der Waals surface area contributed by atoms with Crippen LogP contribution in [0.25, 0.3) is 0 Å². The maximum atomic E-state index is 5.67. The van der Waals surface area contributed by atoms with Gasteiger partial charge in [-0.1, -0.05) is 30.3 Å². The van der Waals surface area contributed by atoms with Gasteiger partial charge in [0.2, 0.25) is 0 Å². The molecule has 2 unspecified atom stereocenters. The minimum atomic E-state index is 0.425. The Morgan fingerprint density at radius 1 is 1.40 bits per heavy atom. The first-order valence-electron chi connectivity index (χ1n) is 5.74. The Morgan fingerprint density at radius 3 is 2.80 bits per heavy atom. The van der Waals surface area contributed by atoms with E-state index in [1.54, 1.807) is 0 Å². The van der Waals surface area contributed by atoms with Gasteiger partial charge < -0.3 is 10.1 Å². The number of rotatable bonds is 4. The van der Waals surface area contributed by atoms with E-state index in [1.165, 1.54) is 18.4 Å². The number of nitrogens with one attached hydrogen (secondary N) is 1. The van der Waals surface area contributed by atoms with E-state index in [0.29, 0.717) is 12.1 Å². The average molecular weight is 205 g/mol. The summed E-state index contributed by atoms with van der Waals surface area (Å²) in [6.07, 6.45) is 3.96. The van der Waals surface area contributed by atoms with Crippen LogP contribution in [0.3, 0.4) is 0 Å². The lowest BCUT2D eigenvalue weighted by molar-refractivity contribution is 0.0954. The number of hydrogen-bond donors (Lipinski definition) is 1. The molecule has 1 aromatic carbocycles. The predicted molar refractivity (Wildman–Crippen MR) is 61.8 cm³/mol. The Kier molecular flexibility index (Phi) is 3.75. The van der Waals surface area contributed by atoms with E-state index in [1.807, 2.05) is 7.05 Å². The highest BCUT2D eigenvalue weighted by Gasteiger charge is 2.20. The van der Waals surface area contributed by atoms with Gasteiger partial charge in [0.25, 0.3) is 0 Å². The van der Waals surface area contributed by atoms with Crippen LogP contribution in [0.4, 0.5) is 0 Å². The standard InChI is InChI=1S/C13H19NO/c1-14-13(10-12-8-5-9-15-12)11-6-3-2-4-7-11/h2-4,6-7,12-14H,5,8-10H2,1H3. The van der Waals surface area contributed by atoms with Gasteiger partial charge >= 0.3 is 0 Å². The van der Waals surface area contributed by atoms with Gasteiger partial charge in [-0.2, -0.15) is 0 Å². The fourth-order valence-electron chi connectivity index (χ4n) is 2.20. The van der Waals surface area contributed by atoms with Crippen LogP contribution in [0.15, 0.2) is 30.3 Å². The van der Waals surface area contributed by atoms with Crippen molar-refractivity contribution in [3.8, 4) is 0 Å². The molecule has 1 heterocycles. The summed E-state index contributed by atoms with van der Waals surface area (Å²) >= 11 is 0. The largest absolute Gasteiger partial charge is 0.378 e. The van der Waals surface area contributed by atoms with Crippen LogP contribution in [0.5, 0.6) is 0 Å². The maximum Gasteiger partial charge on any atom is 0.0594 e. The van der Waals surface area contributed by atoms with E-state index in [2.05, 4.69) is 35.6 Å². The van der Waals surface area contributed by atoms with Gasteiger partial charge in [0.15, 0.2) is 0 Å². The molecule has 1 aliphatic rings. The van der Waals surface area contributed by atoms with Gasteiger partial charge in [0.1, 0.15) is 0 Å². The highest BCUT2D eigenvalue weighted by molar-refractivity contribution is 5.18. The zero-order valence-electron chi connectivity index (χ0n) is 9.28. The van der Waals surface area contributed by atoms with E-state index in [9.17, 15) is 0 Å². The Morgan fingerprint density at radius 2 is 2.20 bits per heavy atom. The lowest BCUT2D eigenvalue weighted by Crippen LogP contribution is -2.21. The second kappa shape index (κ2) is 5.29. The molecule has 1 aromatic rings. The quantitative estimate of drug-likeness (QED) is 0.815. The van der Waals surface area contributed by atoms with E-state index in [0.717, 1.165) is 13.0 Å². The van der Waals surface area contributed by atoms with Gasteiger partial charge in [0.05, 0.1) is 6.10 Å². The van der Waals surface area contributed by atoms with Crippen molar-refractivity contribution >= 4 is 0 Å². The first kappa shape index (κ1) is 10.7. The summed E-state index contributed by atoms with van der Waals surface area (Å²) in [5.41, 5.74) is 1.36. The van der Waals surface area contributed by atoms with Crippen molar-refractivity contribution in [2.75, 3.05) is 13.7 Å². The molecule has 1 fully saturated rings. The summed E-state index contributed by atoms with van der Waals surface area (Å²) in [6, 6.07) is 11.0. The predicted octanol–water partition coefficient (Wildman–Crippen LogP) is 2.52. The number of ether oxygens (including phenoxy) is 1. The van der Waals surface area contributed by atoms with Crippen molar-refractivity contribution < 1.29 is 4.74 Å². The number of hydrogen-bond acceptors (Lipinski definition) is 2. The van der Waals surface area contributed by atoms with Crippen LogP contribution in [-0.4, -0.2) is 19.8 Å². The molecule has 0 saturated carbocycles. The molecule has 2 heteroatoms. The van der Waals surface area contributed by atoms with Gasteiger partial charge in [0, 0.05) is 12.6 Å². The Hall–Kier alpha value is -0.860. The molecule has 0 amide bonds. The normalized spacial score (nSPS) is 22.9. The molecule has 0 bridgehead atoms. The molecular weight excluding hydrogens is 186 g/mol. The van der Waals surface area contributed by atoms with Crippen LogP contribution >= 0.6 is 0 Å². The third-order valence-corrected chi connectivity index (χ3v) is 3.07. The fraction of sp³-hybridized carbons (Fsp3) is 0.538. The molecule has 0 aliphatic carbocycles. The third-order valence-electron chi connectivity index (χ3n) is 3.07. The van der Waals surface area contributed by atoms with E-state index in [-0.39, 0.29) is 0 Å². The second-order valence-electron chi connectivity index (χ2n) is 4.12. The Bertz CT molecular complexity index is 280. The Labute approximate surface area is 91.6 Å². The van der Waals surface area contributed by atoms with Crippen LogP contribution in [-0.2, 0) is 4.74 Å². The number of benzene rings is 1. The van der Waals surface area contributed by atoms with E-state index < -0.39 is 0 Å². The van der Waals surface area contributed by atoms with Crippen LogP contribution in [0, 0.1) is 0 Å². The monoisotopic (exact) mass is 205 g/mol. The molecular formula is C13H19NO. The van der Waals surface area contributed by atoms with Gasteiger partial charge in [-0.3, -0.25) is 0 Å². The highest BCUT2D eigenvalue weighted by atomic mass is 16.5. The summed E-state index contributed by atoms with van der Waals surface area (Å²) in [6.45, 7) is 0.940. The lowest BCUT2D eigenvalue weighted by Gasteiger charge is -2.20. The third kappa shape index (κ3) is 2.80.